The fourth-order valence-electron chi connectivity index (χ4n) is 6.36. The summed E-state index contributed by atoms with van der Waals surface area (Å²) in [6.07, 6.45) is 4.25. The van der Waals surface area contributed by atoms with Crippen LogP contribution >= 0.6 is 23.4 Å². The lowest BCUT2D eigenvalue weighted by atomic mass is 9.72. The van der Waals surface area contributed by atoms with E-state index in [-0.39, 0.29) is 29.6 Å². The van der Waals surface area contributed by atoms with Crippen LogP contribution in [0.2, 0.25) is 5.02 Å². The maximum atomic E-state index is 13.3. The molecule has 2 atom stereocenters. The molecule has 0 amide bonds. The van der Waals surface area contributed by atoms with Crippen LogP contribution in [0.4, 0.5) is 11.6 Å². The number of nitrogens with two attached hydrogens (primary N) is 1. The van der Waals surface area contributed by atoms with Crippen molar-refractivity contribution in [1.29, 1.82) is 0 Å². The first-order chi connectivity index (χ1) is 19.6. The van der Waals surface area contributed by atoms with Crippen LogP contribution in [-0.4, -0.2) is 45.2 Å². The van der Waals surface area contributed by atoms with Gasteiger partial charge in [-0.15, -0.1) is 4.72 Å². The summed E-state index contributed by atoms with van der Waals surface area (Å²) in [5.41, 5.74) is 10.5. The number of nitrogens with zero attached hydrogens (tertiary/aromatic N) is 4. The van der Waals surface area contributed by atoms with Crippen LogP contribution < -0.4 is 15.4 Å². The Bertz CT molecular complexity index is 1530. The van der Waals surface area contributed by atoms with Crippen molar-refractivity contribution >= 4 is 52.3 Å². The molecule has 0 saturated carbocycles. The van der Waals surface area contributed by atoms with Gasteiger partial charge in [-0.05, 0) is 64.2 Å². The molecule has 0 radical (unpaired) electrons. The Kier molecular flexibility index (Phi) is 7.39. The van der Waals surface area contributed by atoms with Gasteiger partial charge >= 0.3 is 5.97 Å². The highest BCUT2D eigenvalue weighted by Gasteiger charge is 2.56. The lowest BCUT2D eigenvalue weighted by molar-refractivity contribution is 0.0518. The fraction of sp³-hybridized carbons (Fsp3) is 0.448. The quantitative estimate of drug-likeness (QED) is 0.295. The van der Waals surface area contributed by atoms with E-state index in [0.717, 1.165) is 19.3 Å². The van der Waals surface area contributed by atoms with Crippen molar-refractivity contribution in [2.45, 2.75) is 67.7 Å². The van der Waals surface area contributed by atoms with Gasteiger partial charge in [0.1, 0.15) is 10.8 Å². The van der Waals surface area contributed by atoms with Crippen molar-refractivity contribution in [2.75, 3.05) is 30.3 Å². The smallest absolute Gasteiger partial charge is 0.360 e. The molecule has 1 saturated heterocycles. The molecule has 2 aliphatic heterocycles. The second-order valence-corrected chi connectivity index (χ2v) is 14.6. The molecule has 1 aliphatic carbocycles. The molecule has 0 bridgehead atoms. The van der Waals surface area contributed by atoms with Gasteiger partial charge in [0, 0.05) is 46.5 Å². The van der Waals surface area contributed by atoms with E-state index in [9.17, 15) is 9.35 Å². The molecule has 1 spiro atoms. The second kappa shape index (κ2) is 10.6. The Labute approximate surface area is 252 Å². The SMILES string of the molecule is CCOC(=O)c1nc(Sc2ccnc(N)c2Cl)c(C)nc1N1CCC2(CC1)Cc1cccc3c1[C@H]2N[S+]([O-])C3(C)C. The summed E-state index contributed by atoms with van der Waals surface area (Å²) in [6, 6.07) is 8.24. The van der Waals surface area contributed by atoms with Crippen LogP contribution in [0.3, 0.4) is 0 Å². The van der Waals surface area contributed by atoms with Crippen LogP contribution in [0.15, 0.2) is 40.4 Å². The number of pyridine rings is 1. The maximum absolute atomic E-state index is 13.3. The van der Waals surface area contributed by atoms with Gasteiger partial charge in [0.05, 0.1) is 23.4 Å². The van der Waals surface area contributed by atoms with Crippen LogP contribution in [0.1, 0.15) is 72.5 Å². The Hall–Kier alpha value is -2.57. The van der Waals surface area contributed by atoms with Gasteiger partial charge in [0.15, 0.2) is 16.3 Å². The predicted octanol–water partition coefficient (Wildman–Crippen LogP) is 5.13. The van der Waals surface area contributed by atoms with Gasteiger partial charge in [-0.1, -0.05) is 41.6 Å². The average molecular weight is 613 g/mol. The standard InChI is InChI=1S/C29H33ClN6O3S2/c1-5-39-27(37)22-25(33-16(2)26(34-22)40-19-9-12-32-24(31)21(19)30)36-13-10-29(11-14-36)15-17-7-6-8-18-20(17)23(29)35-41(38)28(18,3)4/h6-9,12,23,35H,5,10-11,13-15H2,1-4H3,(H2,31,32)/t23-,41?/m1/s1. The number of ether oxygens (including phenoxy) is 1. The van der Waals surface area contributed by atoms with Crippen molar-refractivity contribution in [3.63, 3.8) is 0 Å². The fourth-order valence-corrected chi connectivity index (χ4v) is 8.70. The highest BCUT2D eigenvalue weighted by molar-refractivity contribution is 7.99. The summed E-state index contributed by atoms with van der Waals surface area (Å²) in [6.45, 7) is 9.35. The number of carbonyl (C=O) groups excluding carboxylic acids is 1. The first-order valence-electron chi connectivity index (χ1n) is 13.7. The van der Waals surface area contributed by atoms with Crippen LogP contribution in [0, 0.1) is 12.3 Å². The van der Waals surface area contributed by atoms with E-state index in [1.165, 1.54) is 28.5 Å². The van der Waals surface area contributed by atoms with Gasteiger partial charge in [-0.3, -0.25) is 0 Å². The number of rotatable bonds is 5. The van der Waals surface area contributed by atoms with E-state index in [0.29, 0.717) is 39.5 Å². The minimum Gasteiger partial charge on any atom is -0.597 e. The Morgan fingerprint density at radius 1 is 1.29 bits per heavy atom. The number of aryl methyl sites for hydroxylation is 1. The molecule has 6 rings (SSSR count). The molecule has 4 heterocycles. The predicted molar refractivity (Wildman–Crippen MR) is 162 cm³/mol. The number of halogens is 1. The van der Waals surface area contributed by atoms with Gasteiger partial charge in [-0.2, -0.15) is 0 Å². The van der Waals surface area contributed by atoms with Gasteiger partial charge in [0.2, 0.25) is 0 Å². The van der Waals surface area contributed by atoms with Gasteiger partial charge < -0.3 is 19.9 Å². The van der Waals surface area contributed by atoms with E-state index < -0.39 is 22.1 Å². The van der Waals surface area contributed by atoms with Crippen molar-refractivity contribution in [3.8, 4) is 0 Å². The summed E-state index contributed by atoms with van der Waals surface area (Å²) >= 11 is 6.48. The monoisotopic (exact) mass is 612 g/mol. The lowest BCUT2D eigenvalue weighted by Crippen LogP contribution is -2.53. The van der Waals surface area contributed by atoms with Gasteiger partial charge in [0.25, 0.3) is 0 Å². The molecule has 41 heavy (non-hydrogen) atoms. The van der Waals surface area contributed by atoms with E-state index >= 15 is 0 Å². The third-order valence-electron chi connectivity index (χ3n) is 8.60. The van der Waals surface area contributed by atoms with Crippen LogP contribution in [0.5, 0.6) is 0 Å². The number of anilines is 2. The number of nitrogens with one attached hydrogen (secondary N) is 1. The zero-order valence-corrected chi connectivity index (χ0v) is 25.9. The highest BCUT2D eigenvalue weighted by atomic mass is 35.5. The molecule has 2 aromatic heterocycles. The summed E-state index contributed by atoms with van der Waals surface area (Å²) in [5.74, 6) is 0.243. The zero-order chi connectivity index (χ0) is 29.1. The average Bonchev–Trinajstić information content (AvgIpc) is 3.24. The van der Waals surface area contributed by atoms with E-state index in [1.807, 2.05) is 20.8 Å². The van der Waals surface area contributed by atoms with Crippen molar-refractivity contribution in [3.05, 3.63) is 63.6 Å². The normalized spacial score (nSPS) is 22.0. The molecular formula is C29H33ClN6O3S2. The number of piperidine rings is 1. The summed E-state index contributed by atoms with van der Waals surface area (Å²) in [7, 11) is 0. The van der Waals surface area contributed by atoms with Crippen molar-refractivity contribution in [2.24, 2.45) is 5.41 Å². The number of aromatic nitrogens is 3. The molecule has 3 aromatic rings. The van der Waals surface area contributed by atoms with E-state index in [2.05, 4.69) is 32.8 Å². The maximum Gasteiger partial charge on any atom is 0.360 e. The highest BCUT2D eigenvalue weighted by Crippen LogP contribution is 2.57. The van der Waals surface area contributed by atoms with Crippen molar-refractivity contribution < 1.29 is 14.1 Å². The first-order valence-corrected chi connectivity index (χ1v) is 16.1. The molecule has 3 aliphatic rings. The minimum atomic E-state index is -1.19. The molecule has 1 aromatic carbocycles. The second-order valence-electron chi connectivity index (χ2n) is 11.4. The lowest BCUT2D eigenvalue weighted by Gasteiger charge is -2.46. The summed E-state index contributed by atoms with van der Waals surface area (Å²) < 4.78 is 21.8. The van der Waals surface area contributed by atoms with E-state index in [1.54, 1.807) is 19.2 Å². The third kappa shape index (κ3) is 4.75. The van der Waals surface area contributed by atoms with Gasteiger partial charge in [-0.25, -0.2) is 19.7 Å². The molecule has 9 nitrogen and oxygen atoms in total. The number of hydrogen-bond acceptors (Lipinski definition) is 10. The summed E-state index contributed by atoms with van der Waals surface area (Å²) in [5, 5.41) is 0.885. The number of nitrogen functional groups attached to an aromatic ring is 1. The van der Waals surface area contributed by atoms with E-state index in [4.69, 9.17) is 32.0 Å². The van der Waals surface area contributed by atoms with Crippen LogP contribution in [-0.2, 0) is 27.3 Å². The number of fused-ring (bicyclic) bond motifs is 1. The minimum absolute atomic E-state index is 0.0402. The largest absolute Gasteiger partial charge is 0.597 e. The molecule has 12 heteroatoms. The number of esters is 1. The topological polar surface area (TPSA) is 129 Å². The Balaban J connectivity index is 1.30. The molecule has 3 N–H and O–H groups in total. The number of benzene rings is 1. The molecular weight excluding hydrogens is 580 g/mol. The third-order valence-corrected chi connectivity index (χ3v) is 11.8. The summed E-state index contributed by atoms with van der Waals surface area (Å²) in [4.78, 5) is 29.6. The Morgan fingerprint density at radius 2 is 2.05 bits per heavy atom. The zero-order valence-electron chi connectivity index (χ0n) is 23.5. The molecule has 1 unspecified atom stereocenters. The molecule has 216 valence electrons. The Morgan fingerprint density at radius 3 is 2.78 bits per heavy atom. The van der Waals surface area contributed by atoms with Crippen molar-refractivity contribution in [1.82, 2.24) is 19.7 Å². The number of hydrogen-bond donors (Lipinski definition) is 2. The molecule has 1 fully saturated rings. The van der Waals surface area contributed by atoms with Crippen LogP contribution in [0.25, 0.3) is 0 Å². The number of carbonyl (C=O) groups is 1. The first kappa shape index (κ1) is 28.5.